The Hall–Kier alpha value is -4.94. The van der Waals surface area contributed by atoms with Gasteiger partial charge >= 0.3 is 0 Å². The van der Waals surface area contributed by atoms with Gasteiger partial charge in [-0.25, -0.2) is 9.97 Å². The van der Waals surface area contributed by atoms with Crippen LogP contribution in [0.2, 0.25) is 19.6 Å². The molecule has 2 nitrogen and oxygen atoms in total. The summed E-state index contributed by atoms with van der Waals surface area (Å²) in [6.07, 6.45) is 0. The number of fused-ring (bicyclic) bond motifs is 4. The molecule has 0 spiro atoms. The molecule has 5 heteroatoms. The first-order valence-corrected chi connectivity index (χ1v) is 21.5. The SMILES string of the molecule is C[Si](C)(C)c1ccc2c(-c3ccc(-c4nc5ccccc5s4)cc3)c3ccccc3c(-c3ccc(-c4nc5ccccc5s4)cc3)c2c1. The maximum atomic E-state index is 4.93. The fraction of sp³-hybridized carbons (Fsp3) is 0.0698. The summed E-state index contributed by atoms with van der Waals surface area (Å²) in [5, 5.41) is 8.72. The highest BCUT2D eigenvalue weighted by Crippen LogP contribution is 2.44. The molecule has 0 atom stereocenters. The second-order valence-corrected chi connectivity index (χ2v) is 20.6. The minimum absolute atomic E-state index is 1.06. The van der Waals surface area contributed by atoms with Crippen molar-refractivity contribution in [3.63, 3.8) is 0 Å². The van der Waals surface area contributed by atoms with Gasteiger partial charge in [0.2, 0.25) is 0 Å². The topological polar surface area (TPSA) is 25.8 Å². The molecule has 0 N–H and O–H groups in total. The Balaban J connectivity index is 1.23. The number of benzene rings is 7. The molecule has 0 unspecified atom stereocenters. The van der Waals surface area contributed by atoms with Crippen LogP contribution in [0.15, 0.2) is 140 Å². The van der Waals surface area contributed by atoms with Crippen LogP contribution in [0.3, 0.4) is 0 Å². The van der Waals surface area contributed by atoms with Crippen LogP contribution in [0.1, 0.15) is 0 Å². The Bertz CT molecular complexity index is 2580. The molecular formula is C43H32N2S2Si. The second-order valence-electron chi connectivity index (χ2n) is 13.4. The fourth-order valence-electron chi connectivity index (χ4n) is 6.82. The third kappa shape index (κ3) is 4.98. The average Bonchev–Trinajstić information content (AvgIpc) is 3.75. The van der Waals surface area contributed by atoms with E-state index in [1.54, 1.807) is 22.7 Å². The summed E-state index contributed by atoms with van der Waals surface area (Å²) < 4.78 is 2.44. The van der Waals surface area contributed by atoms with Gasteiger partial charge in [0, 0.05) is 11.1 Å². The van der Waals surface area contributed by atoms with E-state index in [2.05, 4.69) is 159 Å². The first kappa shape index (κ1) is 29.2. The van der Waals surface area contributed by atoms with Crippen LogP contribution in [0, 0.1) is 0 Å². The third-order valence-electron chi connectivity index (χ3n) is 9.32. The average molecular weight is 669 g/mol. The molecule has 0 aliphatic carbocycles. The van der Waals surface area contributed by atoms with E-state index in [0.717, 1.165) is 32.2 Å². The van der Waals surface area contributed by atoms with Crippen molar-refractivity contribution in [1.82, 2.24) is 9.97 Å². The zero-order valence-electron chi connectivity index (χ0n) is 27.0. The van der Waals surface area contributed by atoms with Gasteiger partial charge in [0.05, 0.1) is 28.5 Å². The Kier molecular flexibility index (Phi) is 6.90. The van der Waals surface area contributed by atoms with Gasteiger partial charge in [-0.15, -0.1) is 22.7 Å². The van der Waals surface area contributed by atoms with Crippen molar-refractivity contribution >= 4 is 77.9 Å². The molecule has 230 valence electrons. The summed E-state index contributed by atoms with van der Waals surface area (Å²) in [6, 6.07) is 51.0. The standard InChI is InChI=1S/C43H32N2S2Si/c1-48(2,3)31-24-25-34-35(26-31)41(28-18-22-30(23-19-28)43-45-37-13-7-9-15-39(37)47-43)33-11-5-4-10-32(33)40(34)27-16-20-29(21-17-27)42-44-36-12-6-8-14-38(36)46-42/h4-26H,1-3H3. The van der Waals surface area contributed by atoms with Crippen molar-refractivity contribution < 1.29 is 0 Å². The summed E-state index contributed by atoms with van der Waals surface area (Å²) in [5.41, 5.74) is 9.45. The molecule has 2 heterocycles. The first-order chi connectivity index (χ1) is 23.4. The van der Waals surface area contributed by atoms with Crippen molar-refractivity contribution in [2.75, 3.05) is 0 Å². The fourth-order valence-corrected chi connectivity index (χ4v) is 9.92. The molecule has 0 aliphatic rings. The van der Waals surface area contributed by atoms with Crippen LogP contribution in [0.5, 0.6) is 0 Å². The van der Waals surface area contributed by atoms with Gasteiger partial charge in [-0.2, -0.15) is 0 Å². The summed E-state index contributed by atoms with van der Waals surface area (Å²) in [7, 11) is -1.58. The van der Waals surface area contributed by atoms with Crippen LogP contribution >= 0.6 is 22.7 Å². The number of rotatable bonds is 5. The summed E-state index contributed by atoms with van der Waals surface area (Å²) >= 11 is 3.50. The number of hydrogen-bond donors (Lipinski definition) is 0. The number of hydrogen-bond acceptors (Lipinski definition) is 4. The molecule has 9 aromatic rings. The van der Waals surface area contributed by atoms with Gasteiger partial charge in [0.25, 0.3) is 0 Å². The van der Waals surface area contributed by atoms with Gasteiger partial charge in [-0.05, 0) is 68.1 Å². The Morgan fingerprint density at radius 2 is 0.833 bits per heavy atom. The smallest absolute Gasteiger partial charge is 0.124 e. The highest BCUT2D eigenvalue weighted by Gasteiger charge is 2.22. The molecule has 0 radical (unpaired) electrons. The van der Waals surface area contributed by atoms with Crippen LogP contribution in [0.4, 0.5) is 0 Å². The van der Waals surface area contributed by atoms with E-state index in [4.69, 9.17) is 9.97 Å². The summed E-state index contributed by atoms with van der Waals surface area (Å²) in [4.78, 5) is 9.84. The number of aromatic nitrogens is 2. The maximum absolute atomic E-state index is 4.93. The maximum Gasteiger partial charge on any atom is 0.124 e. The van der Waals surface area contributed by atoms with Crippen molar-refractivity contribution in [2.45, 2.75) is 19.6 Å². The summed E-state index contributed by atoms with van der Waals surface area (Å²) in [5.74, 6) is 0. The van der Waals surface area contributed by atoms with Gasteiger partial charge in [-0.3, -0.25) is 0 Å². The van der Waals surface area contributed by atoms with E-state index in [0.29, 0.717) is 0 Å². The normalized spacial score (nSPS) is 12.1. The molecule has 2 aromatic heterocycles. The van der Waals surface area contributed by atoms with Gasteiger partial charge < -0.3 is 0 Å². The molecule has 0 fully saturated rings. The van der Waals surface area contributed by atoms with E-state index in [-0.39, 0.29) is 0 Å². The predicted molar refractivity (Wildman–Crippen MR) is 213 cm³/mol. The quantitative estimate of drug-likeness (QED) is 0.135. The third-order valence-corrected chi connectivity index (χ3v) is 13.5. The van der Waals surface area contributed by atoms with Crippen LogP contribution in [0.25, 0.3) is 85.4 Å². The van der Waals surface area contributed by atoms with E-state index in [9.17, 15) is 0 Å². The van der Waals surface area contributed by atoms with Crippen LogP contribution < -0.4 is 5.19 Å². The van der Waals surface area contributed by atoms with E-state index in [1.165, 1.54) is 58.4 Å². The first-order valence-electron chi connectivity index (χ1n) is 16.3. The number of para-hydroxylation sites is 2. The van der Waals surface area contributed by atoms with Gasteiger partial charge in [0.1, 0.15) is 10.0 Å². The molecule has 7 aromatic carbocycles. The highest BCUT2D eigenvalue weighted by molar-refractivity contribution is 7.22. The van der Waals surface area contributed by atoms with Crippen molar-refractivity contribution in [3.8, 4) is 43.4 Å². The van der Waals surface area contributed by atoms with E-state index < -0.39 is 8.07 Å². The monoisotopic (exact) mass is 668 g/mol. The molecule has 0 saturated carbocycles. The lowest BCUT2D eigenvalue weighted by atomic mass is 9.85. The van der Waals surface area contributed by atoms with E-state index >= 15 is 0 Å². The molecule has 0 bridgehead atoms. The molecule has 0 amide bonds. The van der Waals surface area contributed by atoms with Crippen molar-refractivity contribution in [3.05, 3.63) is 140 Å². The zero-order chi connectivity index (χ0) is 32.4. The molecule has 48 heavy (non-hydrogen) atoms. The minimum Gasteiger partial charge on any atom is -0.236 e. The Morgan fingerprint density at radius 1 is 0.417 bits per heavy atom. The molecular weight excluding hydrogens is 637 g/mol. The zero-order valence-corrected chi connectivity index (χ0v) is 29.6. The van der Waals surface area contributed by atoms with Crippen LogP contribution in [-0.4, -0.2) is 18.0 Å². The largest absolute Gasteiger partial charge is 0.236 e. The minimum atomic E-state index is -1.58. The number of nitrogens with zero attached hydrogens (tertiary/aromatic N) is 2. The Labute approximate surface area is 289 Å². The summed E-state index contributed by atoms with van der Waals surface area (Å²) in [6.45, 7) is 7.30. The van der Waals surface area contributed by atoms with E-state index in [1.807, 2.05) is 0 Å². The van der Waals surface area contributed by atoms with Crippen molar-refractivity contribution in [1.29, 1.82) is 0 Å². The Morgan fingerprint density at radius 3 is 1.31 bits per heavy atom. The second kappa shape index (κ2) is 11.3. The van der Waals surface area contributed by atoms with Crippen LogP contribution in [-0.2, 0) is 0 Å². The molecule has 0 aliphatic heterocycles. The van der Waals surface area contributed by atoms with Crippen molar-refractivity contribution in [2.24, 2.45) is 0 Å². The van der Waals surface area contributed by atoms with Gasteiger partial charge in [-0.1, -0.05) is 140 Å². The number of thiazole rings is 2. The lowest BCUT2D eigenvalue weighted by molar-refractivity contribution is 1.48. The lowest BCUT2D eigenvalue weighted by Crippen LogP contribution is -2.37. The predicted octanol–water partition coefficient (Wildman–Crippen LogP) is 12.4. The molecule has 0 saturated heterocycles. The highest BCUT2D eigenvalue weighted by atomic mass is 32.1. The molecule has 9 rings (SSSR count). The lowest BCUT2D eigenvalue weighted by Gasteiger charge is -2.22. The van der Waals surface area contributed by atoms with Gasteiger partial charge in [0.15, 0.2) is 0 Å².